The number of fused-ring (bicyclic) bond motifs is 1. The lowest BCUT2D eigenvalue weighted by Crippen LogP contribution is -2.34. The molecule has 0 aliphatic heterocycles. The minimum Gasteiger partial charge on any atom is -0.497 e. The molecule has 0 fully saturated rings. The molecule has 24 heavy (non-hydrogen) atoms. The minimum absolute atomic E-state index is 0.0497. The first-order chi connectivity index (χ1) is 11.5. The molecule has 0 N–H and O–H groups in total. The molecule has 2 aromatic carbocycles. The first-order valence-corrected chi connectivity index (χ1v) is 8.00. The average Bonchev–Trinajstić information content (AvgIpc) is 2.93. The van der Waals surface area contributed by atoms with Crippen LogP contribution in [0.1, 0.15) is 27.4 Å². The summed E-state index contributed by atoms with van der Waals surface area (Å²) in [6.07, 6.45) is 0.602. The van der Waals surface area contributed by atoms with Crippen LogP contribution >= 0.6 is 0 Å². The number of benzene rings is 2. The number of amides is 1. The van der Waals surface area contributed by atoms with Crippen molar-refractivity contribution >= 4 is 11.7 Å². The van der Waals surface area contributed by atoms with Crippen LogP contribution < -0.4 is 4.74 Å². The number of hydrogen-bond donors (Lipinski definition) is 0. The van der Waals surface area contributed by atoms with Crippen LogP contribution in [0.15, 0.2) is 48.5 Å². The molecule has 124 valence electrons. The maximum absolute atomic E-state index is 12.9. The quantitative estimate of drug-likeness (QED) is 0.869. The molecule has 4 nitrogen and oxygen atoms in total. The second-order valence-electron chi connectivity index (χ2n) is 6.32. The van der Waals surface area contributed by atoms with E-state index in [9.17, 15) is 9.59 Å². The molecule has 4 heteroatoms. The van der Waals surface area contributed by atoms with E-state index in [1.54, 1.807) is 26.1 Å². The fourth-order valence-corrected chi connectivity index (χ4v) is 3.37. The van der Waals surface area contributed by atoms with Crippen LogP contribution in [0.2, 0.25) is 0 Å². The second kappa shape index (κ2) is 6.48. The van der Waals surface area contributed by atoms with Gasteiger partial charge in [0.15, 0.2) is 5.78 Å². The Labute approximate surface area is 142 Å². The monoisotopic (exact) mass is 323 g/mol. The Morgan fingerprint density at radius 2 is 1.79 bits per heavy atom. The van der Waals surface area contributed by atoms with E-state index in [-0.39, 0.29) is 17.6 Å². The van der Waals surface area contributed by atoms with Crippen LogP contribution in [0.25, 0.3) is 0 Å². The van der Waals surface area contributed by atoms with Gasteiger partial charge in [-0.3, -0.25) is 9.59 Å². The molecule has 1 amide bonds. The Balaban J connectivity index is 2.00. The normalized spacial score (nSPS) is 17.3. The summed E-state index contributed by atoms with van der Waals surface area (Å²) in [6.45, 7) is 0. The first kappa shape index (κ1) is 16.2. The number of nitrogens with zero attached hydrogens (tertiary/aromatic N) is 1. The van der Waals surface area contributed by atoms with Crippen molar-refractivity contribution in [3.63, 3.8) is 0 Å². The number of rotatable bonds is 4. The van der Waals surface area contributed by atoms with Gasteiger partial charge in [0.05, 0.1) is 13.0 Å². The summed E-state index contributed by atoms with van der Waals surface area (Å²) in [5, 5.41) is 0. The summed E-state index contributed by atoms with van der Waals surface area (Å²) in [4.78, 5) is 27.3. The van der Waals surface area contributed by atoms with E-state index >= 15 is 0 Å². The van der Waals surface area contributed by atoms with Crippen LogP contribution in [0, 0.1) is 5.92 Å². The van der Waals surface area contributed by atoms with Crippen molar-refractivity contribution in [3.05, 3.63) is 65.2 Å². The molecule has 0 saturated carbocycles. The van der Waals surface area contributed by atoms with Gasteiger partial charge in [0.2, 0.25) is 5.91 Å². The number of carbonyl (C=O) groups is 2. The zero-order chi connectivity index (χ0) is 17.3. The lowest BCUT2D eigenvalue weighted by atomic mass is 9.82. The zero-order valence-electron chi connectivity index (χ0n) is 14.2. The largest absolute Gasteiger partial charge is 0.497 e. The standard InChI is InChI=1S/C20H21NO3/c1-21(2)20(23)18(13-8-10-15(24-3)11-9-13)17-12-14-6-4-5-7-16(14)19(17)22/h4-11,17-18H,12H2,1-3H3. The van der Waals surface area contributed by atoms with E-state index in [2.05, 4.69) is 0 Å². The van der Waals surface area contributed by atoms with E-state index in [0.717, 1.165) is 22.4 Å². The third-order valence-electron chi connectivity index (χ3n) is 4.64. The molecular weight excluding hydrogens is 302 g/mol. The van der Waals surface area contributed by atoms with Gasteiger partial charge in [-0.2, -0.15) is 0 Å². The molecule has 1 aliphatic rings. The molecule has 0 saturated heterocycles. The molecule has 0 spiro atoms. The lowest BCUT2D eigenvalue weighted by molar-refractivity contribution is -0.131. The number of likely N-dealkylation sites (N-methyl/N-ethyl adjacent to an activating group) is 1. The molecular formula is C20H21NO3. The zero-order valence-corrected chi connectivity index (χ0v) is 14.2. The first-order valence-electron chi connectivity index (χ1n) is 8.00. The van der Waals surface area contributed by atoms with Crippen molar-refractivity contribution in [2.75, 3.05) is 21.2 Å². The SMILES string of the molecule is COc1ccc(C(C(=O)N(C)C)C2Cc3ccccc3C2=O)cc1. The maximum atomic E-state index is 12.9. The average molecular weight is 323 g/mol. The van der Waals surface area contributed by atoms with Crippen molar-refractivity contribution in [2.24, 2.45) is 5.92 Å². The number of ether oxygens (including phenoxy) is 1. The number of carbonyl (C=O) groups excluding carboxylic acids is 2. The van der Waals surface area contributed by atoms with E-state index in [0.29, 0.717) is 6.42 Å². The van der Waals surface area contributed by atoms with E-state index < -0.39 is 5.92 Å². The van der Waals surface area contributed by atoms with Gasteiger partial charge < -0.3 is 9.64 Å². The third kappa shape index (κ3) is 2.80. The third-order valence-corrected chi connectivity index (χ3v) is 4.64. The highest BCUT2D eigenvalue weighted by Gasteiger charge is 2.40. The maximum Gasteiger partial charge on any atom is 0.230 e. The van der Waals surface area contributed by atoms with Gasteiger partial charge >= 0.3 is 0 Å². The fourth-order valence-electron chi connectivity index (χ4n) is 3.37. The van der Waals surface area contributed by atoms with Crippen molar-refractivity contribution in [1.82, 2.24) is 4.90 Å². The van der Waals surface area contributed by atoms with Crippen LogP contribution in [0.3, 0.4) is 0 Å². The summed E-state index contributed by atoms with van der Waals surface area (Å²) >= 11 is 0. The molecule has 0 heterocycles. The van der Waals surface area contributed by atoms with Gasteiger partial charge in [0.25, 0.3) is 0 Å². The highest BCUT2D eigenvalue weighted by atomic mass is 16.5. The predicted molar refractivity (Wildman–Crippen MR) is 92.4 cm³/mol. The highest BCUT2D eigenvalue weighted by Crippen LogP contribution is 2.38. The fraction of sp³-hybridized carbons (Fsp3) is 0.300. The number of hydrogen-bond acceptors (Lipinski definition) is 3. The molecule has 0 aromatic heterocycles. The number of methoxy groups -OCH3 is 1. The minimum atomic E-state index is -0.481. The Hall–Kier alpha value is -2.62. The van der Waals surface area contributed by atoms with E-state index in [1.807, 2.05) is 48.5 Å². The molecule has 2 aromatic rings. The van der Waals surface area contributed by atoms with Gasteiger partial charge in [0.1, 0.15) is 5.75 Å². The van der Waals surface area contributed by atoms with Crippen LogP contribution in [0.5, 0.6) is 5.75 Å². The Bertz CT molecular complexity index is 765. The molecule has 0 radical (unpaired) electrons. The van der Waals surface area contributed by atoms with Gasteiger partial charge in [0, 0.05) is 25.6 Å². The summed E-state index contributed by atoms with van der Waals surface area (Å²) < 4.78 is 5.19. The van der Waals surface area contributed by atoms with Crippen LogP contribution in [-0.2, 0) is 11.2 Å². The van der Waals surface area contributed by atoms with Crippen molar-refractivity contribution < 1.29 is 14.3 Å². The summed E-state index contributed by atoms with van der Waals surface area (Å²) in [6, 6.07) is 15.0. The summed E-state index contributed by atoms with van der Waals surface area (Å²) in [5.74, 6) is -0.0970. The molecule has 2 atom stereocenters. The van der Waals surface area contributed by atoms with Gasteiger partial charge in [-0.1, -0.05) is 36.4 Å². The van der Waals surface area contributed by atoms with Gasteiger partial charge in [-0.15, -0.1) is 0 Å². The summed E-state index contributed by atoms with van der Waals surface area (Å²) in [5.41, 5.74) is 2.62. The Kier molecular flexibility index (Phi) is 4.38. The Morgan fingerprint density at radius 3 is 2.38 bits per heavy atom. The smallest absolute Gasteiger partial charge is 0.230 e. The van der Waals surface area contributed by atoms with Crippen molar-refractivity contribution in [2.45, 2.75) is 12.3 Å². The van der Waals surface area contributed by atoms with Gasteiger partial charge in [-0.05, 0) is 29.7 Å². The van der Waals surface area contributed by atoms with Crippen LogP contribution in [-0.4, -0.2) is 37.8 Å². The van der Waals surface area contributed by atoms with E-state index in [1.165, 1.54) is 0 Å². The Morgan fingerprint density at radius 1 is 1.12 bits per heavy atom. The van der Waals surface area contributed by atoms with Crippen LogP contribution in [0.4, 0.5) is 0 Å². The number of Topliss-reactive ketones (excluding diaryl/α,β-unsaturated/α-hetero) is 1. The predicted octanol–water partition coefficient (Wildman–Crippen LogP) is 2.92. The highest BCUT2D eigenvalue weighted by molar-refractivity contribution is 6.05. The lowest BCUT2D eigenvalue weighted by Gasteiger charge is -2.25. The van der Waals surface area contributed by atoms with Crippen molar-refractivity contribution in [1.29, 1.82) is 0 Å². The molecule has 1 aliphatic carbocycles. The summed E-state index contributed by atoms with van der Waals surface area (Å²) in [7, 11) is 5.06. The van der Waals surface area contributed by atoms with E-state index in [4.69, 9.17) is 4.74 Å². The topological polar surface area (TPSA) is 46.6 Å². The van der Waals surface area contributed by atoms with Gasteiger partial charge in [-0.25, -0.2) is 0 Å². The molecule has 0 bridgehead atoms. The molecule has 2 unspecified atom stereocenters. The second-order valence-corrected chi connectivity index (χ2v) is 6.32. The number of ketones is 1. The van der Waals surface area contributed by atoms with Crippen molar-refractivity contribution in [3.8, 4) is 5.75 Å². The molecule has 3 rings (SSSR count).